The van der Waals surface area contributed by atoms with Gasteiger partial charge in [-0.15, -0.1) is 11.3 Å². The summed E-state index contributed by atoms with van der Waals surface area (Å²) in [5.41, 5.74) is 3.84. The third-order valence-electron chi connectivity index (χ3n) is 5.57. The zero-order valence-electron chi connectivity index (χ0n) is 15.9. The molecule has 0 unspecified atom stereocenters. The number of Topliss-reactive ketones (excluding diaryl/α,β-unsaturated/α-hetero) is 1. The van der Waals surface area contributed by atoms with E-state index in [0.29, 0.717) is 5.56 Å². The van der Waals surface area contributed by atoms with Crippen LogP contribution in [-0.2, 0) is 19.4 Å². The lowest BCUT2D eigenvalue weighted by Gasteiger charge is -2.10. The number of thiophene rings is 1. The van der Waals surface area contributed by atoms with Crippen LogP contribution < -0.4 is 5.56 Å². The number of carbonyl (C=O) groups is 1. The maximum Gasteiger partial charge on any atom is 0.262 e. The third kappa shape index (κ3) is 3.32. The van der Waals surface area contributed by atoms with E-state index < -0.39 is 0 Å². The van der Waals surface area contributed by atoms with Gasteiger partial charge in [0.05, 0.1) is 18.3 Å². The Morgan fingerprint density at radius 3 is 2.48 bits per heavy atom. The highest BCUT2D eigenvalue weighted by molar-refractivity contribution is 7.18. The van der Waals surface area contributed by atoms with Gasteiger partial charge in [0.15, 0.2) is 5.78 Å². The van der Waals surface area contributed by atoms with E-state index in [4.69, 9.17) is 0 Å². The first kappa shape index (κ1) is 18.0. The van der Waals surface area contributed by atoms with E-state index in [1.54, 1.807) is 11.3 Å². The minimum Gasteiger partial charge on any atom is -0.292 e. The molecule has 1 aliphatic carbocycles. The summed E-state index contributed by atoms with van der Waals surface area (Å²) in [5.74, 6) is -0.0861. The summed E-state index contributed by atoms with van der Waals surface area (Å²) in [6.45, 7) is 0.0110. The number of hydrogen-bond donors (Lipinski definition) is 0. The molecule has 5 heteroatoms. The topological polar surface area (TPSA) is 52.0 Å². The molecule has 2 heterocycles. The molecule has 29 heavy (non-hydrogen) atoms. The molecule has 0 saturated carbocycles. The molecule has 0 bridgehead atoms. The number of fused-ring (bicyclic) bond motifs is 3. The largest absolute Gasteiger partial charge is 0.292 e. The van der Waals surface area contributed by atoms with Gasteiger partial charge in [-0.05, 0) is 42.4 Å². The Morgan fingerprint density at radius 2 is 1.69 bits per heavy atom. The molecule has 144 valence electrons. The van der Waals surface area contributed by atoms with Crippen molar-refractivity contribution in [2.75, 3.05) is 0 Å². The Balaban J connectivity index is 1.43. The maximum atomic E-state index is 13.0. The number of aromatic nitrogens is 2. The highest BCUT2D eigenvalue weighted by Crippen LogP contribution is 2.33. The monoisotopic (exact) mass is 400 g/mol. The minimum atomic E-state index is -0.0938. The molecule has 0 atom stereocenters. The predicted molar refractivity (Wildman–Crippen MR) is 117 cm³/mol. The van der Waals surface area contributed by atoms with Crippen LogP contribution in [-0.4, -0.2) is 15.3 Å². The van der Waals surface area contributed by atoms with Gasteiger partial charge in [0.2, 0.25) is 0 Å². The summed E-state index contributed by atoms with van der Waals surface area (Å²) in [5, 5.41) is 0.722. The number of carbonyl (C=O) groups excluding carboxylic acids is 1. The highest BCUT2D eigenvalue weighted by Gasteiger charge is 2.20. The molecule has 1 aliphatic rings. The standard InChI is InChI=1S/C24H20N2O2S/c27-20(18-12-10-17(11-13-18)16-6-2-1-3-7-16)14-26-15-25-23-22(24(26)28)19-8-4-5-9-21(19)29-23/h1-3,6-7,10-13,15H,4-5,8-9,14H2. The van der Waals surface area contributed by atoms with Gasteiger partial charge >= 0.3 is 0 Å². The first-order valence-corrected chi connectivity index (χ1v) is 10.7. The lowest BCUT2D eigenvalue weighted by molar-refractivity contribution is 0.0970. The Bertz CT molecular complexity index is 1250. The van der Waals surface area contributed by atoms with Crippen molar-refractivity contribution in [3.05, 3.63) is 87.3 Å². The van der Waals surface area contributed by atoms with Crippen molar-refractivity contribution in [1.82, 2.24) is 9.55 Å². The maximum absolute atomic E-state index is 13.0. The first-order valence-electron chi connectivity index (χ1n) is 9.89. The SMILES string of the molecule is O=C(Cn1cnc2sc3c(c2c1=O)CCCC3)c1ccc(-c2ccccc2)cc1. The van der Waals surface area contributed by atoms with Gasteiger partial charge in [-0.2, -0.15) is 0 Å². The first-order chi connectivity index (χ1) is 14.2. The summed E-state index contributed by atoms with van der Waals surface area (Å²) >= 11 is 1.63. The number of nitrogens with zero attached hydrogens (tertiary/aromatic N) is 2. The molecule has 0 spiro atoms. The fourth-order valence-electron chi connectivity index (χ4n) is 4.02. The fraction of sp³-hybridized carbons (Fsp3) is 0.208. The summed E-state index contributed by atoms with van der Waals surface area (Å²) in [4.78, 5) is 32.4. The van der Waals surface area contributed by atoms with Gasteiger partial charge in [-0.3, -0.25) is 14.2 Å². The fourth-order valence-corrected chi connectivity index (χ4v) is 5.24. The minimum absolute atomic E-state index is 0.0110. The van der Waals surface area contributed by atoms with Crippen molar-refractivity contribution in [2.24, 2.45) is 0 Å². The van der Waals surface area contributed by atoms with Crippen LogP contribution in [0.4, 0.5) is 0 Å². The van der Waals surface area contributed by atoms with Gasteiger partial charge in [0.25, 0.3) is 5.56 Å². The molecule has 5 rings (SSSR count). The molecular formula is C24H20N2O2S. The molecule has 2 aromatic heterocycles. The average molecular weight is 401 g/mol. The van der Waals surface area contributed by atoms with Gasteiger partial charge in [0, 0.05) is 10.4 Å². The molecule has 0 aliphatic heterocycles. The van der Waals surface area contributed by atoms with Crippen molar-refractivity contribution in [2.45, 2.75) is 32.2 Å². The second kappa shape index (κ2) is 7.41. The second-order valence-electron chi connectivity index (χ2n) is 7.44. The highest BCUT2D eigenvalue weighted by atomic mass is 32.1. The van der Waals surface area contributed by atoms with Crippen LogP contribution in [0.2, 0.25) is 0 Å². The summed E-state index contributed by atoms with van der Waals surface area (Å²) in [7, 11) is 0. The summed E-state index contributed by atoms with van der Waals surface area (Å²) in [6, 6.07) is 17.6. The number of benzene rings is 2. The molecule has 0 radical (unpaired) electrons. The van der Waals surface area contributed by atoms with Gasteiger partial charge in [0.1, 0.15) is 4.83 Å². The molecule has 4 aromatic rings. The normalized spacial score (nSPS) is 13.4. The van der Waals surface area contributed by atoms with Gasteiger partial charge < -0.3 is 0 Å². The zero-order chi connectivity index (χ0) is 19.8. The van der Waals surface area contributed by atoms with E-state index in [2.05, 4.69) is 4.98 Å². The van der Waals surface area contributed by atoms with Crippen molar-refractivity contribution < 1.29 is 4.79 Å². The molecule has 2 aromatic carbocycles. The quantitative estimate of drug-likeness (QED) is 0.459. The van der Waals surface area contributed by atoms with Crippen LogP contribution in [0, 0.1) is 0 Å². The Kier molecular flexibility index (Phi) is 4.60. The van der Waals surface area contributed by atoms with Crippen LogP contribution in [0.25, 0.3) is 21.3 Å². The molecule has 0 fully saturated rings. The van der Waals surface area contributed by atoms with Crippen molar-refractivity contribution in [3.63, 3.8) is 0 Å². The lowest BCUT2D eigenvalue weighted by atomic mass is 9.97. The predicted octanol–water partition coefficient (Wildman–Crippen LogP) is 4.89. The van der Waals surface area contributed by atoms with E-state index in [-0.39, 0.29) is 17.9 Å². The van der Waals surface area contributed by atoms with Crippen LogP contribution in [0.5, 0.6) is 0 Å². The number of ketones is 1. The van der Waals surface area contributed by atoms with Crippen molar-refractivity contribution in [3.8, 4) is 11.1 Å². The summed E-state index contributed by atoms with van der Waals surface area (Å²) < 4.78 is 1.46. The zero-order valence-corrected chi connectivity index (χ0v) is 16.7. The molecule has 0 N–H and O–H groups in total. The lowest BCUT2D eigenvalue weighted by Crippen LogP contribution is -2.25. The van der Waals surface area contributed by atoms with Gasteiger partial charge in [-0.25, -0.2) is 4.98 Å². The van der Waals surface area contributed by atoms with Crippen LogP contribution in [0.15, 0.2) is 65.7 Å². The van der Waals surface area contributed by atoms with Crippen LogP contribution in [0.1, 0.15) is 33.6 Å². The van der Waals surface area contributed by atoms with Gasteiger partial charge in [-0.1, -0.05) is 54.6 Å². The van der Waals surface area contributed by atoms with E-state index in [1.165, 1.54) is 22.2 Å². The number of rotatable bonds is 4. The van der Waals surface area contributed by atoms with Crippen molar-refractivity contribution in [1.29, 1.82) is 0 Å². The third-order valence-corrected chi connectivity index (χ3v) is 6.77. The van der Waals surface area contributed by atoms with E-state index in [1.807, 2.05) is 54.6 Å². The number of aryl methyl sites for hydroxylation is 2. The second-order valence-corrected chi connectivity index (χ2v) is 8.52. The van der Waals surface area contributed by atoms with E-state index >= 15 is 0 Å². The van der Waals surface area contributed by atoms with Crippen LogP contribution in [0.3, 0.4) is 0 Å². The Labute approximate surface area is 172 Å². The molecule has 0 saturated heterocycles. The molecule has 4 nitrogen and oxygen atoms in total. The van der Waals surface area contributed by atoms with Crippen LogP contribution >= 0.6 is 11.3 Å². The molecule has 0 amide bonds. The van der Waals surface area contributed by atoms with Crippen molar-refractivity contribution >= 4 is 27.3 Å². The molecular weight excluding hydrogens is 380 g/mol. The average Bonchev–Trinajstić information content (AvgIpc) is 3.16. The Hall–Kier alpha value is -3.05. The van der Waals surface area contributed by atoms with E-state index in [0.717, 1.165) is 46.2 Å². The number of hydrogen-bond acceptors (Lipinski definition) is 4. The Morgan fingerprint density at radius 1 is 0.966 bits per heavy atom. The summed E-state index contributed by atoms with van der Waals surface area (Å²) in [6.07, 6.45) is 5.77. The van der Waals surface area contributed by atoms with E-state index in [9.17, 15) is 9.59 Å². The smallest absolute Gasteiger partial charge is 0.262 e.